The molecule has 1 fully saturated rings. The fourth-order valence-electron chi connectivity index (χ4n) is 3.25. The van der Waals surface area contributed by atoms with E-state index in [1.54, 1.807) is 13.2 Å². The Kier molecular flexibility index (Phi) is 4.64. The maximum Gasteiger partial charge on any atom is 0.176 e. The first-order valence-corrected chi connectivity index (χ1v) is 7.95. The van der Waals surface area contributed by atoms with Gasteiger partial charge in [0.2, 0.25) is 0 Å². The average molecular weight is 304 g/mol. The van der Waals surface area contributed by atoms with Crippen molar-refractivity contribution in [2.24, 2.45) is 5.92 Å². The van der Waals surface area contributed by atoms with Crippen LogP contribution in [0.15, 0.2) is 16.7 Å². The van der Waals surface area contributed by atoms with E-state index in [0.717, 1.165) is 29.8 Å². The number of phenols is 1. The number of benzene rings is 1. The van der Waals surface area contributed by atoms with E-state index in [-0.39, 0.29) is 5.75 Å². The Morgan fingerprint density at radius 3 is 2.86 bits per heavy atom. The second-order valence-corrected chi connectivity index (χ2v) is 6.29. The lowest BCUT2D eigenvalue weighted by Gasteiger charge is -2.28. The van der Waals surface area contributed by atoms with Gasteiger partial charge in [-0.15, -0.1) is 0 Å². The number of likely N-dealkylation sites (tertiary alicyclic amines) is 1. The number of fused-ring (bicyclic) bond motifs is 1. The Bertz CT molecular complexity index is 630. The zero-order chi connectivity index (χ0) is 15.5. The largest absolute Gasteiger partial charge is 0.507 e. The van der Waals surface area contributed by atoms with Gasteiger partial charge in [-0.25, -0.2) is 0 Å². The Labute approximate surface area is 130 Å². The normalized spacial score (nSPS) is 17.4. The van der Waals surface area contributed by atoms with Crippen molar-refractivity contribution >= 4 is 11.0 Å². The molecule has 0 amide bonds. The van der Waals surface area contributed by atoms with Gasteiger partial charge >= 0.3 is 0 Å². The van der Waals surface area contributed by atoms with Gasteiger partial charge < -0.3 is 19.3 Å². The number of ether oxygens (including phenoxy) is 1. The number of hydrogen-bond donors (Lipinski definition) is 1. The molecule has 3 rings (SSSR count). The van der Waals surface area contributed by atoms with Gasteiger partial charge in [-0.3, -0.25) is 0 Å². The van der Waals surface area contributed by atoms with Crippen molar-refractivity contribution in [3.63, 3.8) is 0 Å². The predicted octanol–water partition coefficient (Wildman–Crippen LogP) is 2.95. The predicted molar refractivity (Wildman–Crippen MR) is 84.9 cm³/mol. The molecule has 5 nitrogen and oxygen atoms in total. The molecule has 0 radical (unpaired) electrons. The number of methoxy groups -OCH3 is 1. The van der Waals surface area contributed by atoms with Crippen LogP contribution in [0.1, 0.15) is 30.5 Å². The Morgan fingerprint density at radius 1 is 1.36 bits per heavy atom. The molecule has 0 aliphatic carbocycles. The quantitative estimate of drug-likeness (QED) is 0.920. The van der Waals surface area contributed by atoms with Gasteiger partial charge in [-0.05, 0) is 63.9 Å². The Morgan fingerprint density at radius 2 is 2.14 bits per heavy atom. The summed E-state index contributed by atoms with van der Waals surface area (Å²) in [6, 6.07) is 3.59. The van der Waals surface area contributed by atoms with Crippen molar-refractivity contribution < 1.29 is 14.4 Å². The minimum absolute atomic E-state index is 0.201. The minimum atomic E-state index is 0.201. The maximum absolute atomic E-state index is 9.94. The summed E-state index contributed by atoms with van der Waals surface area (Å²) in [5, 5.41) is 15.2. The van der Waals surface area contributed by atoms with Crippen LogP contribution in [0.25, 0.3) is 11.0 Å². The van der Waals surface area contributed by atoms with E-state index in [9.17, 15) is 5.11 Å². The van der Waals surface area contributed by atoms with Gasteiger partial charge in [0.1, 0.15) is 5.75 Å². The van der Waals surface area contributed by atoms with E-state index in [1.165, 1.54) is 25.9 Å². The van der Waals surface area contributed by atoms with Gasteiger partial charge in [0.15, 0.2) is 5.58 Å². The lowest BCUT2D eigenvalue weighted by Crippen LogP contribution is -2.30. The fraction of sp³-hybridized carbons (Fsp3) is 0.588. The third-order valence-electron chi connectivity index (χ3n) is 4.71. The number of nitrogens with zero attached hydrogens (tertiary/aromatic N) is 2. The summed E-state index contributed by atoms with van der Waals surface area (Å²) in [7, 11) is 3.79. The van der Waals surface area contributed by atoms with Crippen LogP contribution in [0, 0.1) is 5.92 Å². The molecule has 0 unspecified atom stereocenters. The number of rotatable bonds is 5. The van der Waals surface area contributed by atoms with E-state index < -0.39 is 0 Å². The van der Waals surface area contributed by atoms with E-state index in [0.29, 0.717) is 17.8 Å². The second kappa shape index (κ2) is 6.67. The molecular formula is C17H24N2O3. The highest BCUT2D eigenvalue weighted by Gasteiger charge is 2.19. The number of piperidine rings is 1. The topological polar surface area (TPSA) is 58.7 Å². The number of phenolic OH excluding ortho intramolecular Hbond substituents is 1. The van der Waals surface area contributed by atoms with Gasteiger partial charge in [0.05, 0.1) is 17.9 Å². The van der Waals surface area contributed by atoms with Gasteiger partial charge in [-0.2, -0.15) is 0 Å². The van der Waals surface area contributed by atoms with Crippen LogP contribution in [-0.4, -0.2) is 42.4 Å². The zero-order valence-corrected chi connectivity index (χ0v) is 13.3. The molecule has 0 saturated carbocycles. The summed E-state index contributed by atoms with van der Waals surface area (Å²) >= 11 is 0. The Balaban J connectivity index is 1.73. The van der Waals surface area contributed by atoms with Gasteiger partial charge in [0, 0.05) is 12.5 Å². The first kappa shape index (κ1) is 15.3. The second-order valence-electron chi connectivity index (χ2n) is 6.29. The van der Waals surface area contributed by atoms with Crippen molar-refractivity contribution in [1.82, 2.24) is 10.1 Å². The molecule has 2 aromatic rings. The monoisotopic (exact) mass is 304 g/mol. The summed E-state index contributed by atoms with van der Waals surface area (Å²) < 4.78 is 10.6. The molecular weight excluding hydrogens is 280 g/mol. The van der Waals surface area contributed by atoms with Crippen LogP contribution >= 0.6 is 0 Å². The number of aryl methyl sites for hydroxylation is 1. The van der Waals surface area contributed by atoms with Crippen molar-refractivity contribution in [3.8, 4) is 5.75 Å². The van der Waals surface area contributed by atoms with Crippen LogP contribution in [0.5, 0.6) is 5.75 Å². The molecule has 1 aliphatic rings. The molecule has 22 heavy (non-hydrogen) atoms. The first-order valence-electron chi connectivity index (χ1n) is 7.95. The average Bonchev–Trinajstić information content (AvgIpc) is 2.93. The van der Waals surface area contributed by atoms with E-state index in [4.69, 9.17) is 9.26 Å². The maximum atomic E-state index is 9.94. The molecule has 1 aromatic heterocycles. The van der Waals surface area contributed by atoms with Crippen molar-refractivity contribution in [2.75, 3.05) is 27.2 Å². The third-order valence-corrected chi connectivity index (χ3v) is 4.71. The SMILES string of the molecule is COCc1c(O)ccc2c(CCC3CCN(C)CC3)noc12. The number of aromatic hydroxyl groups is 1. The summed E-state index contributed by atoms with van der Waals surface area (Å²) in [6.07, 6.45) is 4.61. The van der Waals surface area contributed by atoms with Crippen molar-refractivity contribution in [3.05, 3.63) is 23.4 Å². The summed E-state index contributed by atoms with van der Waals surface area (Å²) in [6.45, 7) is 2.71. The van der Waals surface area contributed by atoms with Crippen LogP contribution in [0.3, 0.4) is 0 Å². The van der Waals surface area contributed by atoms with Crippen molar-refractivity contribution in [1.29, 1.82) is 0 Å². The number of hydrogen-bond acceptors (Lipinski definition) is 5. The van der Waals surface area contributed by atoms with Gasteiger partial charge in [0.25, 0.3) is 0 Å². The van der Waals surface area contributed by atoms with Gasteiger partial charge in [-0.1, -0.05) is 5.16 Å². The van der Waals surface area contributed by atoms with Crippen LogP contribution in [-0.2, 0) is 17.8 Å². The molecule has 1 aliphatic heterocycles. The molecule has 120 valence electrons. The lowest BCUT2D eigenvalue weighted by atomic mass is 9.91. The third kappa shape index (κ3) is 3.10. The van der Waals surface area contributed by atoms with Crippen molar-refractivity contribution in [2.45, 2.75) is 32.3 Å². The summed E-state index contributed by atoms with van der Waals surface area (Å²) in [5.41, 5.74) is 2.32. The molecule has 0 atom stereocenters. The highest BCUT2D eigenvalue weighted by molar-refractivity contribution is 5.84. The van der Waals surface area contributed by atoms with E-state index in [2.05, 4.69) is 17.1 Å². The van der Waals surface area contributed by atoms with Crippen LogP contribution in [0.2, 0.25) is 0 Å². The number of aromatic nitrogens is 1. The molecule has 1 saturated heterocycles. The van der Waals surface area contributed by atoms with Crippen LogP contribution in [0.4, 0.5) is 0 Å². The summed E-state index contributed by atoms with van der Waals surface area (Å²) in [5.74, 6) is 0.978. The minimum Gasteiger partial charge on any atom is -0.507 e. The standard InChI is InChI=1S/C17H24N2O3/c1-19-9-7-12(8-10-19)3-5-15-13-4-6-16(20)14(11-21-2)17(13)22-18-15/h4,6,12,20H,3,5,7-11H2,1-2H3. The lowest BCUT2D eigenvalue weighted by molar-refractivity contribution is 0.181. The highest BCUT2D eigenvalue weighted by atomic mass is 16.5. The molecule has 5 heteroatoms. The smallest absolute Gasteiger partial charge is 0.176 e. The zero-order valence-electron chi connectivity index (χ0n) is 13.3. The molecule has 1 aromatic carbocycles. The molecule has 0 bridgehead atoms. The summed E-state index contributed by atoms with van der Waals surface area (Å²) in [4.78, 5) is 2.39. The first-order chi connectivity index (χ1) is 10.7. The molecule has 0 spiro atoms. The fourth-order valence-corrected chi connectivity index (χ4v) is 3.25. The highest BCUT2D eigenvalue weighted by Crippen LogP contribution is 2.31. The Hall–Kier alpha value is -1.59. The van der Waals surface area contributed by atoms with Crippen LogP contribution < -0.4 is 0 Å². The van der Waals surface area contributed by atoms with E-state index >= 15 is 0 Å². The molecule has 1 N–H and O–H groups in total. The molecule has 2 heterocycles. The van der Waals surface area contributed by atoms with E-state index in [1.807, 2.05) is 6.07 Å².